The van der Waals surface area contributed by atoms with Crippen molar-refractivity contribution in [3.63, 3.8) is 0 Å². The molecule has 0 saturated heterocycles. The number of carbonyl (C=O) groups is 1. The third-order valence-electron chi connectivity index (χ3n) is 7.33. The molecule has 0 aromatic carbocycles. The van der Waals surface area contributed by atoms with Gasteiger partial charge in [0.15, 0.2) is 6.04 Å². The number of hydrogen-bond acceptors (Lipinski definition) is 10. The van der Waals surface area contributed by atoms with Crippen LogP contribution in [-0.2, 0) is 28.1 Å². The molecule has 0 aromatic rings. The van der Waals surface area contributed by atoms with Crippen molar-refractivity contribution in [1.29, 1.82) is 0 Å². The number of guanidine groups is 1. The van der Waals surface area contributed by atoms with Gasteiger partial charge < -0.3 is 34.3 Å². The van der Waals surface area contributed by atoms with E-state index in [1.807, 2.05) is 6.92 Å². The van der Waals surface area contributed by atoms with Crippen LogP contribution in [0.5, 0.6) is 0 Å². The molecule has 0 spiro atoms. The van der Waals surface area contributed by atoms with E-state index < -0.39 is 32.0 Å². The lowest BCUT2D eigenvalue weighted by atomic mass is 10.0. The van der Waals surface area contributed by atoms with Gasteiger partial charge in [-0.05, 0) is 19.8 Å². The Morgan fingerprint density at radius 1 is 0.884 bits per heavy atom. The van der Waals surface area contributed by atoms with Gasteiger partial charge in [-0.2, -0.15) is 9.98 Å². The molecule has 43 heavy (non-hydrogen) atoms. The van der Waals surface area contributed by atoms with Crippen LogP contribution < -0.4 is 5.73 Å². The maximum Gasteiger partial charge on any atom is 0.353 e. The predicted molar refractivity (Wildman–Crippen MR) is 171 cm³/mol. The van der Waals surface area contributed by atoms with Crippen LogP contribution in [0.1, 0.15) is 110 Å². The van der Waals surface area contributed by atoms with Gasteiger partial charge in [-0.3, -0.25) is 14.4 Å². The Labute approximate surface area is 258 Å². The maximum atomic E-state index is 12.5. The molecule has 0 aliphatic carbocycles. The molecule has 3 unspecified atom stereocenters. The number of ether oxygens (including phenoxy) is 3. The van der Waals surface area contributed by atoms with E-state index in [0.29, 0.717) is 32.1 Å². The van der Waals surface area contributed by atoms with Gasteiger partial charge in [0.1, 0.15) is 12.2 Å². The Hall–Kier alpha value is -1.69. The van der Waals surface area contributed by atoms with Crippen LogP contribution in [0.2, 0.25) is 0 Å². The molecule has 3 N–H and O–H groups in total. The van der Waals surface area contributed by atoms with Crippen molar-refractivity contribution in [3.05, 3.63) is 0 Å². The van der Waals surface area contributed by atoms with E-state index >= 15 is 0 Å². The number of rotatable bonds is 28. The molecule has 13 heteroatoms. The van der Waals surface area contributed by atoms with Crippen LogP contribution in [0.25, 0.3) is 0 Å². The van der Waals surface area contributed by atoms with Gasteiger partial charge in [-0.15, -0.1) is 0 Å². The molecule has 0 saturated carbocycles. The molecule has 2 rings (SSSR count). The Balaban J connectivity index is 1.48. The normalized spacial score (nSPS) is 18.4. The molecule has 0 aromatic heterocycles. The summed E-state index contributed by atoms with van der Waals surface area (Å²) in [4.78, 5) is 35.7. The quantitative estimate of drug-likeness (QED) is 0.0851. The van der Waals surface area contributed by atoms with E-state index in [0.717, 1.165) is 6.42 Å². The first kappa shape index (κ1) is 37.5. The molecular formula is C30H56N5O7P. The summed E-state index contributed by atoms with van der Waals surface area (Å²) >= 11 is 0. The van der Waals surface area contributed by atoms with E-state index in [-0.39, 0.29) is 25.7 Å². The summed E-state index contributed by atoms with van der Waals surface area (Å²) in [7, 11) is -3.97. The second-order valence-electron chi connectivity index (χ2n) is 11.2. The van der Waals surface area contributed by atoms with Gasteiger partial charge in [0, 0.05) is 19.8 Å². The minimum atomic E-state index is -3.97. The highest BCUT2D eigenvalue weighted by atomic mass is 31.2. The Kier molecular flexibility index (Phi) is 19.9. The Morgan fingerprint density at radius 3 is 2.12 bits per heavy atom. The average molecular weight is 630 g/mol. The van der Waals surface area contributed by atoms with E-state index in [1.165, 1.54) is 89.8 Å². The van der Waals surface area contributed by atoms with Crippen molar-refractivity contribution in [2.45, 2.75) is 122 Å². The van der Waals surface area contributed by atoms with Gasteiger partial charge in [0.25, 0.3) is 5.91 Å². The highest BCUT2D eigenvalue weighted by Crippen LogP contribution is 2.42. The lowest BCUT2D eigenvalue weighted by molar-refractivity contribution is -0.117. The molecule has 248 valence electrons. The van der Waals surface area contributed by atoms with Crippen LogP contribution in [0, 0.1) is 0 Å². The third-order valence-corrected chi connectivity index (χ3v) is 8.39. The summed E-state index contributed by atoms with van der Waals surface area (Å²) in [5.41, 5.74) is 5.62. The van der Waals surface area contributed by atoms with E-state index in [1.54, 1.807) is 4.90 Å². The van der Waals surface area contributed by atoms with Crippen LogP contribution in [0.4, 0.5) is 0 Å². The fourth-order valence-electron chi connectivity index (χ4n) is 4.91. The first-order chi connectivity index (χ1) is 20.9. The van der Waals surface area contributed by atoms with E-state index in [2.05, 4.69) is 21.9 Å². The second kappa shape index (κ2) is 22.8. The van der Waals surface area contributed by atoms with Gasteiger partial charge in [0.05, 0.1) is 32.2 Å². The topological polar surface area (TPSA) is 158 Å². The van der Waals surface area contributed by atoms with Crippen LogP contribution in [-0.4, -0.2) is 91.9 Å². The number of nitrogens with two attached hydrogens (primary N) is 1. The van der Waals surface area contributed by atoms with Crippen molar-refractivity contribution in [1.82, 2.24) is 4.90 Å². The lowest BCUT2D eigenvalue weighted by Crippen LogP contribution is -2.44. The summed E-state index contributed by atoms with van der Waals surface area (Å²) in [6.45, 7) is 6.20. The fourth-order valence-corrected chi connectivity index (χ4v) is 5.80. The summed E-state index contributed by atoms with van der Waals surface area (Å²) in [5, 5.41) is 0. The minimum absolute atomic E-state index is 0.101. The van der Waals surface area contributed by atoms with Gasteiger partial charge in [-0.1, -0.05) is 90.4 Å². The number of amidine groups is 1. The van der Waals surface area contributed by atoms with Gasteiger partial charge in [0.2, 0.25) is 5.96 Å². The molecule has 2 aliphatic heterocycles. The summed E-state index contributed by atoms with van der Waals surface area (Å²) in [5.74, 6) is -0.272. The number of carbonyl (C=O) groups excluding carboxylic acids is 1. The molecule has 1 amide bonds. The molecule has 0 fully saturated rings. The number of fused-ring (bicyclic) bond motifs is 1. The standard InChI is InChI=1S/C30H56N5O7P/c1-3-5-6-7-8-9-10-11-12-13-14-15-16-17-19-40-20-18-21-42-43(37,38)25-41-26(23-39-4-2)22-35-24-32-27-28(35)33-30(31)34-29(27)36/h24,26-27H,3-23,25H2,1-2H3,(H,37,38)(H2,31,34,36). The first-order valence-electron chi connectivity index (χ1n) is 16.4. The number of hydrogen-bond donors (Lipinski definition) is 2. The SMILES string of the molecule is CCCCCCCCCCCCCCCCOCCCOP(=O)(O)COC(COCC)CN1C=NC2C(=O)N=C(N)N=C21. The zero-order valence-electron chi connectivity index (χ0n) is 26.5. The monoisotopic (exact) mass is 629 g/mol. The van der Waals surface area contributed by atoms with Crippen molar-refractivity contribution < 1.29 is 33.0 Å². The predicted octanol–water partition coefficient (Wildman–Crippen LogP) is 5.42. The smallest absolute Gasteiger partial charge is 0.353 e. The van der Waals surface area contributed by atoms with Crippen LogP contribution in [0.3, 0.4) is 0 Å². The lowest BCUT2D eigenvalue weighted by Gasteiger charge is -2.26. The van der Waals surface area contributed by atoms with Crippen molar-refractivity contribution in [2.24, 2.45) is 20.7 Å². The molecule has 0 radical (unpaired) electrons. The average Bonchev–Trinajstić information content (AvgIpc) is 3.38. The summed E-state index contributed by atoms with van der Waals surface area (Å²) < 4.78 is 34.6. The number of amides is 1. The Bertz CT molecular complexity index is 917. The van der Waals surface area contributed by atoms with Crippen molar-refractivity contribution >= 4 is 31.6 Å². The van der Waals surface area contributed by atoms with Gasteiger partial charge in [-0.25, -0.2) is 0 Å². The van der Waals surface area contributed by atoms with Crippen molar-refractivity contribution in [3.8, 4) is 0 Å². The summed E-state index contributed by atoms with van der Waals surface area (Å²) in [6, 6.07) is -0.830. The fraction of sp³-hybridized carbons (Fsp3) is 0.867. The molecule has 2 heterocycles. The second-order valence-corrected chi connectivity index (χ2v) is 13.0. The van der Waals surface area contributed by atoms with Crippen LogP contribution >= 0.6 is 7.60 Å². The third kappa shape index (κ3) is 16.8. The molecule has 0 bridgehead atoms. The largest absolute Gasteiger partial charge is 0.381 e. The van der Waals surface area contributed by atoms with E-state index in [4.69, 9.17) is 24.5 Å². The number of nitrogens with zero attached hydrogens (tertiary/aromatic N) is 4. The molecule has 2 aliphatic rings. The first-order valence-corrected chi connectivity index (χ1v) is 18.1. The van der Waals surface area contributed by atoms with E-state index in [9.17, 15) is 14.3 Å². The molecule has 3 atom stereocenters. The minimum Gasteiger partial charge on any atom is -0.381 e. The zero-order chi connectivity index (χ0) is 31.2. The maximum absolute atomic E-state index is 12.5. The molecule has 12 nitrogen and oxygen atoms in total. The number of aliphatic imine (C=N–C) groups is 3. The Morgan fingerprint density at radius 2 is 1.49 bits per heavy atom. The zero-order valence-corrected chi connectivity index (χ0v) is 27.4. The highest BCUT2D eigenvalue weighted by molar-refractivity contribution is 7.52. The summed E-state index contributed by atoms with van der Waals surface area (Å²) in [6.07, 6.45) is 19.4. The van der Waals surface area contributed by atoms with Gasteiger partial charge >= 0.3 is 7.60 Å². The molecular weight excluding hydrogens is 573 g/mol. The number of unbranched alkanes of at least 4 members (excludes halogenated alkanes) is 13. The van der Waals surface area contributed by atoms with Crippen molar-refractivity contribution in [2.75, 3.05) is 45.9 Å². The van der Waals surface area contributed by atoms with Crippen LogP contribution in [0.15, 0.2) is 15.0 Å². The highest BCUT2D eigenvalue weighted by Gasteiger charge is 2.36.